The number of carboxylic acid groups (broad SMARTS) is 1. The van der Waals surface area contributed by atoms with Crippen LogP contribution in [0.5, 0.6) is 5.75 Å². The van der Waals surface area contributed by atoms with Gasteiger partial charge in [0.2, 0.25) is 0 Å². The van der Waals surface area contributed by atoms with Crippen molar-refractivity contribution in [3.8, 4) is 5.75 Å². The molecule has 0 aliphatic rings. The van der Waals surface area contributed by atoms with Crippen molar-refractivity contribution in [3.05, 3.63) is 29.8 Å². The van der Waals surface area contributed by atoms with Gasteiger partial charge in [0.25, 0.3) is 0 Å². The van der Waals surface area contributed by atoms with Gasteiger partial charge in [-0.3, -0.25) is 4.79 Å². The van der Waals surface area contributed by atoms with Crippen LogP contribution in [0, 0.1) is 5.92 Å². The van der Waals surface area contributed by atoms with Crippen molar-refractivity contribution in [3.63, 3.8) is 0 Å². The minimum absolute atomic E-state index is 0.309. The topological polar surface area (TPSA) is 46.5 Å². The molecule has 0 aliphatic heterocycles. The van der Waals surface area contributed by atoms with Crippen LogP contribution in [-0.2, 0) is 11.2 Å². The molecule has 1 atom stereocenters. The molecule has 0 aliphatic carbocycles. The van der Waals surface area contributed by atoms with E-state index in [-0.39, 0.29) is 5.92 Å². The van der Waals surface area contributed by atoms with E-state index in [0.29, 0.717) is 19.4 Å². The number of hydrogen-bond donors (Lipinski definition) is 1. The molecule has 0 spiro atoms. The van der Waals surface area contributed by atoms with Gasteiger partial charge in [0.05, 0.1) is 12.5 Å². The number of benzene rings is 1. The van der Waals surface area contributed by atoms with Crippen molar-refractivity contribution in [2.45, 2.75) is 33.1 Å². The van der Waals surface area contributed by atoms with Gasteiger partial charge in [-0.05, 0) is 37.0 Å². The van der Waals surface area contributed by atoms with E-state index in [0.717, 1.165) is 17.7 Å². The zero-order chi connectivity index (χ0) is 12.7. The second kappa shape index (κ2) is 6.94. The van der Waals surface area contributed by atoms with Gasteiger partial charge >= 0.3 is 5.97 Å². The molecule has 0 heterocycles. The molecule has 1 rings (SSSR count). The first kappa shape index (κ1) is 13.6. The normalized spacial score (nSPS) is 12.1. The molecular weight excluding hydrogens is 216 g/mol. The van der Waals surface area contributed by atoms with E-state index in [4.69, 9.17) is 9.84 Å². The molecule has 1 aromatic rings. The molecule has 94 valence electrons. The largest absolute Gasteiger partial charge is 0.494 e. The summed E-state index contributed by atoms with van der Waals surface area (Å²) in [5.41, 5.74) is 1.02. The highest BCUT2D eigenvalue weighted by Gasteiger charge is 2.15. The Hall–Kier alpha value is -1.51. The maximum atomic E-state index is 11.0. The monoisotopic (exact) mass is 236 g/mol. The summed E-state index contributed by atoms with van der Waals surface area (Å²) in [4.78, 5) is 11.0. The smallest absolute Gasteiger partial charge is 0.306 e. The number of carboxylic acids is 1. The summed E-state index contributed by atoms with van der Waals surface area (Å²) in [5, 5.41) is 9.01. The van der Waals surface area contributed by atoms with Gasteiger partial charge in [0.1, 0.15) is 5.75 Å². The Kier molecular flexibility index (Phi) is 5.53. The van der Waals surface area contributed by atoms with Crippen LogP contribution in [0.3, 0.4) is 0 Å². The highest BCUT2D eigenvalue weighted by Crippen LogP contribution is 2.18. The molecule has 1 aromatic carbocycles. The van der Waals surface area contributed by atoms with E-state index in [1.165, 1.54) is 0 Å². The third kappa shape index (κ3) is 4.47. The average molecular weight is 236 g/mol. The highest BCUT2D eigenvalue weighted by atomic mass is 16.5. The van der Waals surface area contributed by atoms with Gasteiger partial charge in [-0.1, -0.05) is 26.0 Å². The SMILES string of the molecule is CCCOc1cccc(CC(CC)C(=O)O)c1. The molecular formula is C14H20O3. The summed E-state index contributed by atoms with van der Waals surface area (Å²) in [6, 6.07) is 7.70. The standard InChI is InChI=1S/C14H20O3/c1-3-8-17-13-7-5-6-11(10-13)9-12(4-2)14(15)16/h5-7,10,12H,3-4,8-9H2,1-2H3,(H,15,16). The van der Waals surface area contributed by atoms with Crippen LogP contribution in [0.1, 0.15) is 32.3 Å². The molecule has 0 radical (unpaired) electrons. The Bertz CT molecular complexity index is 360. The number of hydrogen-bond acceptors (Lipinski definition) is 2. The van der Waals surface area contributed by atoms with Crippen molar-refractivity contribution in [1.29, 1.82) is 0 Å². The zero-order valence-corrected chi connectivity index (χ0v) is 10.5. The molecule has 1 unspecified atom stereocenters. The third-order valence-electron chi connectivity index (χ3n) is 2.70. The molecule has 1 N–H and O–H groups in total. The molecule has 0 bridgehead atoms. The quantitative estimate of drug-likeness (QED) is 0.791. The number of rotatable bonds is 7. The van der Waals surface area contributed by atoms with E-state index >= 15 is 0 Å². The third-order valence-corrected chi connectivity index (χ3v) is 2.70. The summed E-state index contributed by atoms with van der Waals surface area (Å²) in [7, 11) is 0. The van der Waals surface area contributed by atoms with E-state index in [9.17, 15) is 4.79 Å². The molecule has 3 nitrogen and oxygen atoms in total. The first-order valence-corrected chi connectivity index (χ1v) is 6.11. The van der Waals surface area contributed by atoms with Crippen LogP contribution < -0.4 is 4.74 Å². The Morgan fingerprint density at radius 3 is 2.76 bits per heavy atom. The lowest BCUT2D eigenvalue weighted by Gasteiger charge is -2.11. The van der Waals surface area contributed by atoms with Crippen LogP contribution >= 0.6 is 0 Å². The second-order valence-electron chi connectivity index (χ2n) is 4.14. The minimum Gasteiger partial charge on any atom is -0.494 e. The zero-order valence-electron chi connectivity index (χ0n) is 10.5. The lowest BCUT2D eigenvalue weighted by Crippen LogP contribution is -2.15. The van der Waals surface area contributed by atoms with Crippen molar-refractivity contribution in [2.75, 3.05) is 6.61 Å². The fourth-order valence-electron chi connectivity index (χ4n) is 1.67. The first-order valence-electron chi connectivity index (χ1n) is 6.11. The minimum atomic E-state index is -0.729. The Morgan fingerprint density at radius 2 is 2.18 bits per heavy atom. The van der Waals surface area contributed by atoms with Crippen LogP contribution in [0.2, 0.25) is 0 Å². The lowest BCUT2D eigenvalue weighted by atomic mass is 9.97. The fraction of sp³-hybridized carbons (Fsp3) is 0.500. The molecule has 0 amide bonds. The summed E-state index contributed by atoms with van der Waals surface area (Å²) < 4.78 is 5.52. The van der Waals surface area contributed by atoms with Crippen molar-refractivity contribution >= 4 is 5.97 Å². The molecule has 3 heteroatoms. The molecule has 17 heavy (non-hydrogen) atoms. The van der Waals surface area contributed by atoms with Gasteiger partial charge in [-0.2, -0.15) is 0 Å². The van der Waals surface area contributed by atoms with Crippen LogP contribution in [0.25, 0.3) is 0 Å². The van der Waals surface area contributed by atoms with E-state index in [2.05, 4.69) is 6.92 Å². The van der Waals surface area contributed by atoms with E-state index < -0.39 is 5.97 Å². The van der Waals surface area contributed by atoms with Crippen LogP contribution in [0.15, 0.2) is 24.3 Å². The first-order chi connectivity index (χ1) is 8.17. The Balaban J connectivity index is 2.67. The predicted molar refractivity (Wildman–Crippen MR) is 67.3 cm³/mol. The second-order valence-corrected chi connectivity index (χ2v) is 4.14. The van der Waals surface area contributed by atoms with Crippen molar-refractivity contribution in [1.82, 2.24) is 0 Å². The number of aliphatic carboxylic acids is 1. The summed E-state index contributed by atoms with van der Waals surface area (Å²) >= 11 is 0. The summed E-state index contributed by atoms with van der Waals surface area (Å²) in [6.07, 6.45) is 2.18. The van der Waals surface area contributed by atoms with E-state index in [1.807, 2.05) is 31.2 Å². The predicted octanol–water partition coefficient (Wildman–Crippen LogP) is 3.13. The van der Waals surface area contributed by atoms with Gasteiger partial charge in [-0.15, -0.1) is 0 Å². The van der Waals surface area contributed by atoms with Crippen molar-refractivity contribution in [2.24, 2.45) is 5.92 Å². The maximum absolute atomic E-state index is 11.0. The van der Waals surface area contributed by atoms with Gasteiger partial charge < -0.3 is 9.84 Å². The number of carbonyl (C=O) groups is 1. The Labute approximate surface area is 102 Å². The van der Waals surface area contributed by atoms with Gasteiger partial charge in [0, 0.05) is 0 Å². The maximum Gasteiger partial charge on any atom is 0.306 e. The fourth-order valence-corrected chi connectivity index (χ4v) is 1.67. The van der Waals surface area contributed by atoms with Crippen molar-refractivity contribution < 1.29 is 14.6 Å². The summed E-state index contributed by atoms with van der Waals surface area (Å²) in [6.45, 7) is 4.65. The molecule has 0 fully saturated rings. The van der Waals surface area contributed by atoms with Crippen LogP contribution in [0.4, 0.5) is 0 Å². The van der Waals surface area contributed by atoms with Crippen LogP contribution in [-0.4, -0.2) is 17.7 Å². The molecule has 0 saturated carbocycles. The molecule has 0 saturated heterocycles. The summed E-state index contributed by atoms with van der Waals surface area (Å²) in [5.74, 6) is -0.214. The highest BCUT2D eigenvalue weighted by molar-refractivity contribution is 5.70. The van der Waals surface area contributed by atoms with E-state index in [1.54, 1.807) is 0 Å². The van der Waals surface area contributed by atoms with Gasteiger partial charge in [-0.25, -0.2) is 0 Å². The average Bonchev–Trinajstić information content (AvgIpc) is 2.33. The number of ether oxygens (including phenoxy) is 1. The lowest BCUT2D eigenvalue weighted by molar-refractivity contribution is -0.141. The van der Waals surface area contributed by atoms with Gasteiger partial charge in [0.15, 0.2) is 0 Å². The Morgan fingerprint density at radius 1 is 1.41 bits per heavy atom. The molecule has 0 aromatic heterocycles.